The molecule has 2 N–H and O–H groups in total. The fourth-order valence-corrected chi connectivity index (χ4v) is 6.06. The highest BCUT2D eigenvalue weighted by molar-refractivity contribution is 6.00. The van der Waals surface area contributed by atoms with E-state index in [1.54, 1.807) is 7.11 Å². The van der Waals surface area contributed by atoms with Gasteiger partial charge in [0.2, 0.25) is 0 Å². The molecule has 3 fully saturated rings. The number of aryl methyl sites for hydroxylation is 1. The number of aromatic nitrogens is 4. The molecule has 7 rings (SSSR count). The van der Waals surface area contributed by atoms with Gasteiger partial charge in [-0.15, -0.1) is 0 Å². The number of rotatable bonds is 5. The van der Waals surface area contributed by atoms with Gasteiger partial charge >= 0.3 is 0 Å². The number of methoxy groups -OCH3 is 1. The molecule has 8 heteroatoms. The lowest BCUT2D eigenvalue weighted by Crippen LogP contribution is -2.54. The third kappa shape index (κ3) is 3.12. The molecule has 0 spiro atoms. The summed E-state index contributed by atoms with van der Waals surface area (Å²) in [5.74, 6) is 2.62. The fourth-order valence-electron chi connectivity index (χ4n) is 6.06. The van der Waals surface area contributed by atoms with Crippen molar-refractivity contribution in [2.45, 2.75) is 37.8 Å². The predicted molar refractivity (Wildman–Crippen MR) is 134 cm³/mol. The topological polar surface area (TPSA) is 91.2 Å². The first-order valence-corrected chi connectivity index (χ1v) is 12.5. The van der Waals surface area contributed by atoms with Gasteiger partial charge in [0.25, 0.3) is 5.91 Å². The van der Waals surface area contributed by atoms with E-state index in [0.717, 1.165) is 59.5 Å². The highest BCUT2D eigenvalue weighted by Crippen LogP contribution is 2.43. The normalized spacial score (nSPS) is 23.6. The third-order valence-electron chi connectivity index (χ3n) is 8.41. The summed E-state index contributed by atoms with van der Waals surface area (Å²) in [4.78, 5) is 25.1. The summed E-state index contributed by atoms with van der Waals surface area (Å²) in [6.07, 6.45) is 6.47. The average Bonchev–Trinajstić information content (AvgIpc) is 3.46. The summed E-state index contributed by atoms with van der Waals surface area (Å²) in [5, 5.41) is 1.11. The maximum Gasteiger partial charge on any atom is 0.254 e. The molecule has 4 aromatic rings. The van der Waals surface area contributed by atoms with Crippen LogP contribution in [0.15, 0.2) is 36.5 Å². The molecule has 2 aliphatic carbocycles. The number of amides is 1. The molecule has 1 saturated heterocycles. The number of nitrogens with zero attached hydrogens (tertiary/aromatic N) is 5. The number of fused-ring (bicyclic) bond motifs is 3. The van der Waals surface area contributed by atoms with E-state index in [4.69, 9.17) is 15.5 Å². The molecule has 1 aliphatic heterocycles. The van der Waals surface area contributed by atoms with Gasteiger partial charge in [0.15, 0.2) is 5.82 Å². The molecule has 2 atom stereocenters. The van der Waals surface area contributed by atoms with Crippen LogP contribution < -0.4 is 10.5 Å². The Kier molecular flexibility index (Phi) is 4.37. The second-order valence-corrected chi connectivity index (χ2v) is 10.7. The Balaban J connectivity index is 1.34. The van der Waals surface area contributed by atoms with Crippen LogP contribution in [0, 0.1) is 11.8 Å². The first-order valence-electron chi connectivity index (χ1n) is 12.5. The summed E-state index contributed by atoms with van der Waals surface area (Å²) in [6.45, 7) is 2.30. The van der Waals surface area contributed by atoms with Crippen LogP contribution in [0.1, 0.15) is 36.0 Å². The zero-order valence-corrected chi connectivity index (χ0v) is 20.2. The van der Waals surface area contributed by atoms with E-state index in [-0.39, 0.29) is 11.4 Å². The number of benzene rings is 1. The van der Waals surface area contributed by atoms with E-state index in [9.17, 15) is 4.79 Å². The number of pyridine rings is 1. The van der Waals surface area contributed by atoms with Gasteiger partial charge in [0.1, 0.15) is 16.9 Å². The molecule has 3 aliphatic rings. The Morgan fingerprint density at radius 1 is 1.26 bits per heavy atom. The van der Waals surface area contributed by atoms with Crippen molar-refractivity contribution >= 4 is 28.0 Å². The van der Waals surface area contributed by atoms with Gasteiger partial charge in [-0.3, -0.25) is 4.79 Å². The molecule has 0 unspecified atom stereocenters. The maximum absolute atomic E-state index is 13.4. The molecule has 8 nitrogen and oxygen atoms in total. The van der Waals surface area contributed by atoms with E-state index >= 15 is 0 Å². The standard InChI is InChI=1S/C27H30N6O2/c1-31-23-20(10-18(12-22(23)35-2)26(34)32-14-19-7-8-27(19,28)15-32)30-25(31)21-11-17-4-3-9-29-24(17)33(21)13-16-5-6-16/h3-4,9-12,16,19H,5-8,13-15,28H2,1-2H3/t19-,27-/m0/s1. The van der Waals surface area contributed by atoms with E-state index in [1.165, 1.54) is 12.8 Å². The zero-order chi connectivity index (χ0) is 23.9. The Labute approximate surface area is 203 Å². The second-order valence-electron chi connectivity index (χ2n) is 10.7. The molecule has 35 heavy (non-hydrogen) atoms. The van der Waals surface area contributed by atoms with E-state index in [1.807, 2.05) is 36.3 Å². The lowest BCUT2D eigenvalue weighted by Gasteiger charge is -2.39. The van der Waals surface area contributed by atoms with Gasteiger partial charge in [-0.2, -0.15) is 0 Å². The average molecular weight is 471 g/mol. The van der Waals surface area contributed by atoms with Crippen molar-refractivity contribution in [3.63, 3.8) is 0 Å². The number of imidazole rings is 1. The van der Waals surface area contributed by atoms with Crippen LogP contribution in [0.4, 0.5) is 0 Å². The second kappa shape index (κ2) is 7.31. The molecule has 0 bridgehead atoms. The van der Waals surface area contributed by atoms with Gasteiger partial charge in [0, 0.05) is 49.4 Å². The van der Waals surface area contributed by atoms with Crippen molar-refractivity contribution in [2.24, 2.45) is 24.6 Å². The van der Waals surface area contributed by atoms with Crippen molar-refractivity contribution in [2.75, 3.05) is 20.2 Å². The first-order chi connectivity index (χ1) is 16.9. The monoisotopic (exact) mass is 470 g/mol. The summed E-state index contributed by atoms with van der Waals surface area (Å²) < 4.78 is 10.1. The van der Waals surface area contributed by atoms with E-state index in [0.29, 0.717) is 29.7 Å². The predicted octanol–water partition coefficient (Wildman–Crippen LogP) is 3.57. The minimum absolute atomic E-state index is 0.00340. The lowest BCUT2D eigenvalue weighted by atomic mass is 9.70. The zero-order valence-electron chi connectivity index (χ0n) is 20.2. The van der Waals surface area contributed by atoms with Crippen LogP contribution in [-0.4, -0.2) is 55.6 Å². The van der Waals surface area contributed by atoms with Crippen molar-refractivity contribution in [3.8, 4) is 17.3 Å². The van der Waals surface area contributed by atoms with Crippen LogP contribution >= 0.6 is 0 Å². The molecule has 4 heterocycles. The summed E-state index contributed by atoms with van der Waals surface area (Å²) in [5.41, 5.74) is 10.6. The van der Waals surface area contributed by atoms with Crippen molar-refractivity contribution in [3.05, 3.63) is 42.1 Å². The number of likely N-dealkylation sites (tertiary alicyclic amines) is 1. The van der Waals surface area contributed by atoms with Gasteiger partial charge in [0.05, 0.1) is 18.3 Å². The molecular weight excluding hydrogens is 440 g/mol. The van der Waals surface area contributed by atoms with Crippen LogP contribution in [0.3, 0.4) is 0 Å². The van der Waals surface area contributed by atoms with E-state index in [2.05, 4.69) is 26.3 Å². The molecule has 2 saturated carbocycles. The minimum atomic E-state index is -0.203. The molecule has 0 radical (unpaired) electrons. The van der Waals surface area contributed by atoms with Gasteiger partial charge in [-0.25, -0.2) is 9.97 Å². The van der Waals surface area contributed by atoms with Gasteiger partial charge < -0.3 is 24.5 Å². The Hall–Kier alpha value is -3.39. The SMILES string of the molecule is COc1cc(C(=O)N2C[C@@H]3CC[C@]3(N)C2)cc2nc(-c3cc4cccnc4n3CC3CC3)n(C)c12. The van der Waals surface area contributed by atoms with Crippen LogP contribution in [0.2, 0.25) is 0 Å². The summed E-state index contributed by atoms with van der Waals surface area (Å²) >= 11 is 0. The first kappa shape index (κ1) is 20.9. The maximum atomic E-state index is 13.4. The van der Waals surface area contributed by atoms with Gasteiger partial charge in [-0.1, -0.05) is 0 Å². The van der Waals surface area contributed by atoms with E-state index < -0.39 is 0 Å². The summed E-state index contributed by atoms with van der Waals surface area (Å²) in [6, 6.07) is 9.99. The molecule has 180 valence electrons. The van der Waals surface area contributed by atoms with Crippen LogP contribution in [0.25, 0.3) is 33.6 Å². The number of carbonyl (C=O) groups excluding carboxylic acids is 1. The number of nitrogens with two attached hydrogens (primary N) is 1. The third-order valence-corrected chi connectivity index (χ3v) is 8.41. The van der Waals surface area contributed by atoms with Crippen molar-refractivity contribution < 1.29 is 9.53 Å². The number of hydrogen-bond donors (Lipinski definition) is 1. The molecule has 1 amide bonds. The fraction of sp³-hybridized carbons (Fsp3) is 0.444. The minimum Gasteiger partial charge on any atom is -0.494 e. The quantitative estimate of drug-likeness (QED) is 0.482. The Morgan fingerprint density at radius 2 is 2.11 bits per heavy atom. The molecular formula is C27H30N6O2. The largest absolute Gasteiger partial charge is 0.494 e. The van der Waals surface area contributed by atoms with Crippen LogP contribution in [-0.2, 0) is 13.6 Å². The van der Waals surface area contributed by atoms with Gasteiger partial charge in [-0.05, 0) is 67.9 Å². The number of ether oxygens (including phenoxy) is 1. The van der Waals surface area contributed by atoms with Crippen LogP contribution in [0.5, 0.6) is 5.75 Å². The Bertz CT molecular complexity index is 1500. The number of carbonyl (C=O) groups is 1. The summed E-state index contributed by atoms with van der Waals surface area (Å²) in [7, 11) is 3.66. The van der Waals surface area contributed by atoms with Crippen molar-refractivity contribution in [1.29, 1.82) is 0 Å². The highest BCUT2D eigenvalue weighted by Gasteiger charge is 2.51. The molecule has 3 aromatic heterocycles. The lowest BCUT2D eigenvalue weighted by molar-refractivity contribution is 0.0784. The Morgan fingerprint density at radius 3 is 2.80 bits per heavy atom. The smallest absolute Gasteiger partial charge is 0.254 e. The number of hydrogen-bond acceptors (Lipinski definition) is 5. The molecule has 1 aromatic carbocycles. The van der Waals surface area contributed by atoms with Crippen molar-refractivity contribution in [1.82, 2.24) is 24.0 Å². The highest BCUT2D eigenvalue weighted by atomic mass is 16.5.